The molecule has 2 aromatic heterocycles. The molecule has 120 valence electrons. The molecule has 0 radical (unpaired) electrons. The molecule has 0 aliphatic carbocycles. The molecule has 23 heavy (non-hydrogen) atoms. The van der Waals surface area contributed by atoms with Crippen LogP contribution < -0.4 is 0 Å². The zero-order valence-electron chi connectivity index (χ0n) is 13.6. The number of likely N-dealkylation sites (tertiary alicyclic amines) is 1. The standard InChI is InChI=1S/C18H21N3O2/c1-12-4-3-8-21(12)9-7-16-11-15-10-14(5-6-17(15)22-16)18-19-13(2)23-20-18/h5-6,10-12H,3-4,7-9H2,1-2H3/t12-/m1/s1. The molecule has 1 fully saturated rings. The van der Waals surface area contributed by atoms with Crippen molar-refractivity contribution in [3.05, 3.63) is 35.9 Å². The monoisotopic (exact) mass is 311 g/mol. The molecule has 0 N–H and O–H groups in total. The quantitative estimate of drug-likeness (QED) is 0.733. The Morgan fingerprint density at radius 1 is 1.30 bits per heavy atom. The van der Waals surface area contributed by atoms with Crippen LogP contribution >= 0.6 is 0 Å². The van der Waals surface area contributed by atoms with Crippen LogP contribution in [0.2, 0.25) is 0 Å². The van der Waals surface area contributed by atoms with E-state index >= 15 is 0 Å². The lowest BCUT2D eigenvalue weighted by Crippen LogP contribution is -2.28. The summed E-state index contributed by atoms with van der Waals surface area (Å²) in [5.41, 5.74) is 1.87. The molecule has 1 aromatic carbocycles. The van der Waals surface area contributed by atoms with Gasteiger partial charge in [-0.3, -0.25) is 0 Å². The smallest absolute Gasteiger partial charge is 0.223 e. The van der Waals surface area contributed by atoms with Crippen LogP contribution in [0.5, 0.6) is 0 Å². The van der Waals surface area contributed by atoms with Gasteiger partial charge < -0.3 is 13.8 Å². The first-order valence-electron chi connectivity index (χ1n) is 8.26. The summed E-state index contributed by atoms with van der Waals surface area (Å²) in [5.74, 6) is 2.24. The van der Waals surface area contributed by atoms with Crippen molar-refractivity contribution in [2.24, 2.45) is 0 Å². The Labute approximate surface area is 135 Å². The van der Waals surface area contributed by atoms with Crippen LogP contribution in [-0.2, 0) is 6.42 Å². The Morgan fingerprint density at radius 3 is 2.96 bits per heavy atom. The Kier molecular flexibility index (Phi) is 3.65. The Morgan fingerprint density at radius 2 is 2.22 bits per heavy atom. The number of rotatable bonds is 4. The van der Waals surface area contributed by atoms with Gasteiger partial charge in [0.25, 0.3) is 0 Å². The topological polar surface area (TPSA) is 55.3 Å². The number of hydrogen-bond donors (Lipinski definition) is 0. The van der Waals surface area contributed by atoms with E-state index < -0.39 is 0 Å². The third kappa shape index (κ3) is 2.88. The van der Waals surface area contributed by atoms with Gasteiger partial charge in [-0.1, -0.05) is 5.16 Å². The van der Waals surface area contributed by atoms with Crippen LogP contribution in [0.4, 0.5) is 0 Å². The van der Waals surface area contributed by atoms with E-state index in [9.17, 15) is 0 Å². The molecule has 0 unspecified atom stereocenters. The van der Waals surface area contributed by atoms with E-state index in [1.807, 2.05) is 12.1 Å². The third-order valence-corrected chi connectivity index (χ3v) is 4.69. The summed E-state index contributed by atoms with van der Waals surface area (Å²) in [6.07, 6.45) is 3.58. The second kappa shape index (κ2) is 5.81. The molecule has 1 atom stereocenters. The summed E-state index contributed by atoms with van der Waals surface area (Å²) in [5, 5.41) is 5.07. The Balaban J connectivity index is 1.53. The van der Waals surface area contributed by atoms with Crippen LogP contribution in [0.15, 0.2) is 33.2 Å². The van der Waals surface area contributed by atoms with Gasteiger partial charge in [-0.2, -0.15) is 4.98 Å². The number of benzene rings is 1. The number of furan rings is 1. The molecule has 5 heteroatoms. The molecule has 0 spiro atoms. The van der Waals surface area contributed by atoms with Crippen LogP contribution in [0, 0.1) is 6.92 Å². The summed E-state index contributed by atoms with van der Waals surface area (Å²) in [6, 6.07) is 8.85. The maximum atomic E-state index is 5.97. The SMILES string of the molecule is Cc1nc(-c2ccc3oc(CCN4CCC[C@H]4C)cc3c2)no1. The number of aromatic nitrogens is 2. The maximum Gasteiger partial charge on any atom is 0.223 e. The van der Waals surface area contributed by atoms with Crippen molar-refractivity contribution >= 4 is 11.0 Å². The highest BCUT2D eigenvalue weighted by atomic mass is 16.5. The fraction of sp³-hybridized carbons (Fsp3) is 0.444. The average Bonchev–Trinajstić information content (AvgIpc) is 3.24. The number of fused-ring (bicyclic) bond motifs is 1. The van der Waals surface area contributed by atoms with Crippen molar-refractivity contribution in [2.45, 2.75) is 39.2 Å². The van der Waals surface area contributed by atoms with Gasteiger partial charge in [0.2, 0.25) is 11.7 Å². The molecule has 4 rings (SSSR count). The van der Waals surface area contributed by atoms with Crippen LogP contribution in [0.25, 0.3) is 22.4 Å². The van der Waals surface area contributed by atoms with Crippen molar-refractivity contribution in [2.75, 3.05) is 13.1 Å². The fourth-order valence-electron chi connectivity index (χ4n) is 3.36. The van der Waals surface area contributed by atoms with E-state index in [-0.39, 0.29) is 0 Å². The first-order chi connectivity index (χ1) is 11.2. The van der Waals surface area contributed by atoms with E-state index in [4.69, 9.17) is 8.94 Å². The minimum atomic E-state index is 0.577. The lowest BCUT2D eigenvalue weighted by Gasteiger charge is -2.19. The van der Waals surface area contributed by atoms with Crippen LogP contribution in [0.3, 0.4) is 0 Å². The van der Waals surface area contributed by atoms with Crippen molar-refractivity contribution in [3.8, 4) is 11.4 Å². The predicted octanol–water partition coefficient (Wildman–Crippen LogP) is 3.82. The zero-order chi connectivity index (χ0) is 15.8. The molecule has 0 saturated carbocycles. The third-order valence-electron chi connectivity index (χ3n) is 4.69. The molecule has 1 aliphatic heterocycles. The lowest BCUT2D eigenvalue weighted by molar-refractivity contribution is 0.266. The summed E-state index contributed by atoms with van der Waals surface area (Å²) >= 11 is 0. The van der Waals surface area contributed by atoms with Crippen molar-refractivity contribution in [1.82, 2.24) is 15.0 Å². The summed E-state index contributed by atoms with van der Waals surface area (Å²) in [6.45, 7) is 6.38. The predicted molar refractivity (Wildman–Crippen MR) is 88.2 cm³/mol. The minimum absolute atomic E-state index is 0.577. The highest BCUT2D eigenvalue weighted by Gasteiger charge is 2.20. The number of nitrogens with zero attached hydrogens (tertiary/aromatic N) is 3. The van der Waals surface area contributed by atoms with Crippen LogP contribution in [0.1, 0.15) is 31.4 Å². The van der Waals surface area contributed by atoms with Crippen molar-refractivity contribution in [3.63, 3.8) is 0 Å². The van der Waals surface area contributed by atoms with Gasteiger partial charge in [-0.25, -0.2) is 0 Å². The van der Waals surface area contributed by atoms with Crippen molar-refractivity contribution in [1.29, 1.82) is 0 Å². The normalized spacial score (nSPS) is 19.0. The van der Waals surface area contributed by atoms with Gasteiger partial charge >= 0.3 is 0 Å². The zero-order valence-corrected chi connectivity index (χ0v) is 13.6. The molecule has 3 heterocycles. The fourth-order valence-corrected chi connectivity index (χ4v) is 3.36. The largest absolute Gasteiger partial charge is 0.461 e. The van der Waals surface area contributed by atoms with Gasteiger partial charge in [-0.05, 0) is 50.6 Å². The van der Waals surface area contributed by atoms with Gasteiger partial charge in [0, 0.05) is 36.9 Å². The second-order valence-corrected chi connectivity index (χ2v) is 6.38. The van der Waals surface area contributed by atoms with Crippen LogP contribution in [-0.4, -0.2) is 34.2 Å². The number of aryl methyl sites for hydroxylation is 1. The van der Waals surface area contributed by atoms with E-state index in [1.54, 1.807) is 6.92 Å². The molecule has 0 bridgehead atoms. The van der Waals surface area contributed by atoms with Gasteiger partial charge in [0.1, 0.15) is 11.3 Å². The summed E-state index contributed by atoms with van der Waals surface area (Å²) < 4.78 is 11.0. The van der Waals surface area contributed by atoms with Gasteiger partial charge in [0.05, 0.1) is 0 Å². The minimum Gasteiger partial charge on any atom is -0.461 e. The van der Waals surface area contributed by atoms with Crippen molar-refractivity contribution < 1.29 is 8.94 Å². The molecule has 3 aromatic rings. The second-order valence-electron chi connectivity index (χ2n) is 6.38. The Bertz CT molecular complexity index is 821. The highest BCUT2D eigenvalue weighted by Crippen LogP contribution is 2.26. The van der Waals surface area contributed by atoms with E-state index in [0.717, 1.165) is 35.3 Å². The molecule has 0 amide bonds. The molecular weight excluding hydrogens is 290 g/mol. The maximum absolute atomic E-state index is 5.97. The summed E-state index contributed by atoms with van der Waals surface area (Å²) in [4.78, 5) is 6.82. The van der Waals surface area contributed by atoms with E-state index in [0.29, 0.717) is 17.8 Å². The first kappa shape index (κ1) is 14.5. The lowest BCUT2D eigenvalue weighted by atomic mass is 10.1. The van der Waals surface area contributed by atoms with Gasteiger partial charge in [-0.15, -0.1) is 0 Å². The van der Waals surface area contributed by atoms with E-state index in [2.05, 4.69) is 34.1 Å². The molecule has 1 saturated heterocycles. The van der Waals surface area contributed by atoms with E-state index in [1.165, 1.54) is 19.4 Å². The molecule has 1 aliphatic rings. The average molecular weight is 311 g/mol. The molecular formula is C18H21N3O2. The van der Waals surface area contributed by atoms with Gasteiger partial charge in [0.15, 0.2) is 0 Å². The highest BCUT2D eigenvalue weighted by molar-refractivity contribution is 5.82. The first-order valence-corrected chi connectivity index (χ1v) is 8.26. The summed E-state index contributed by atoms with van der Waals surface area (Å²) in [7, 11) is 0. The Hall–Kier alpha value is -2.14. The number of hydrogen-bond acceptors (Lipinski definition) is 5. The molecule has 5 nitrogen and oxygen atoms in total.